The Morgan fingerprint density at radius 1 is 0.224 bits per heavy atom. The Kier molecular flexibility index (Phi) is 18.7. The highest BCUT2D eigenvalue weighted by Gasteiger charge is 2.38. The van der Waals surface area contributed by atoms with Crippen molar-refractivity contribution in [2.24, 2.45) is 0 Å². The molecular formula is C129H80N10OS3. The smallest absolute Gasteiger partial charge is 0.163 e. The second kappa shape index (κ2) is 32.6. The molecule has 11 nitrogen and oxygen atoms in total. The van der Waals surface area contributed by atoms with Gasteiger partial charge in [-0.2, -0.15) is 0 Å². The number of rotatable bonds is 10. The predicted molar refractivity (Wildman–Crippen MR) is 600 cm³/mol. The van der Waals surface area contributed by atoms with Crippen molar-refractivity contribution in [2.45, 2.75) is 19.3 Å². The molecule has 0 aliphatic heterocycles. The lowest BCUT2D eigenvalue weighted by Gasteiger charge is -2.21. The van der Waals surface area contributed by atoms with Gasteiger partial charge in [-0.05, 0) is 132 Å². The molecule has 0 radical (unpaired) electrons. The van der Waals surface area contributed by atoms with Crippen LogP contribution >= 0.6 is 34.0 Å². The van der Waals surface area contributed by atoms with Crippen molar-refractivity contribution in [1.29, 1.82) is 0 Å². The second-order valence-electron chi connectivity index (χ2n) is 37.3. The molecule has 31 rings (SSSR count). The lowest BCUT2D eigenvalue weighted by Crippen LogP contribution is -2.14. The fraction of sp³-hybridized carbons (Fsp3) is 0.0233. The van der Waals surface area contributed by atoms with Gasteiger partial charge in [0.05, 0.1) is 72.3 Å². The van der Waals surface area contributed by atoms with Crippen LogP contribution in [0.15, 0.2) is 453 Å². The van der Waals surface area contributed by atoms with Crippen molar-refractivity contribution in [1.82, 2.24) is 48.2 Å². The topological polar surface area (TPSA) is 110 Å². The summed E-state index contributed by atoms with van der Waals surface area (Å²) in [6.45, 7) is 4.70. The van der Waals surface area contributed by atoms with E-state index in [0.717, 1.165) is 148 Å². The first-order valence-corrected chi connectivity index (χ1v) is 50.7. The fourth-order valence-corrected chi connectivity index (χ4v) is 26.0. The monoisotopic (exact) mass is 1880 g/mol. The van der Waals surface area contributed by atoms with Crippen LogP contribution in [0.4, 0.5) is 0 Å². The largest absolute Gasteiger partial charge is 0.456 e. The van der Waals surface area contributed by atoms with Crippen LogP contribution in [0.25, 0.3) is 272 Å². The van der Waals surface area contributed by atoms with Gasteiger partial charge in [0, 0.05) is 156 Å². The summed E-state index contributed by atoms with van der Waals surface area (Å²) in [7, 11) is 0. The zero-order chi connectivity index (χ0) is 94.2. The molecule has 1 aliphatic carbocycles. The molecule has 0 saturated carbocycles. The number of hydrogen-bond donors (Lipinski definition) is 0. The molecule has 0 saturated heterocycles. The van der Waals surface area contributed by atoms with Crippen LogP contribution in [0.2, 0.25) is 0 Å². The summed E-state index contributed by atoms with van der Waals surface area (Å²) in [6, 6.07) is 160. The van der Waals surface area contributed by atoms with E-state index < -0.39 is 0 Å². The van der Waals surface area contributed by atoms with Gasteiger partial charge in [-0.3, -0.25) is 0 Å². The SMILES string of the molecule is CC1(C)c2ccccc2-c2c1ccc1c3ccccc3n(-c3cccc(-c4nc(-c5ccccc5)c5c(n4)sc4ccccc45)c3)c21.c1ccc(-c2nc(-c3cccc(-n4c5ccccc5c5ccc6c(c7ccccc7n6-c6ccccc6)c54)c3)nc3sc4ccccc4c23)cc1.c1ccc(-c2nc(-c3ccccc3-n3c4ccccc4c4ccc5oc6ccccc6c5c43)nc3sc4ccccc4c23)cc1. The molecule has 0 atom stereocenters. The lowest BCUT2D eigenvalue weighted by atomic mass is 9.82. The van der Waals surface area contributed by atoms with Crippen LogP contribution in [0.1, 0.15) is 25.0 Å². The van der Waals surface area contributed by atoms with Gasteiger partial charge < -0.3 is 22.7 Å². The third-order valence-electron chi connectivity index (χ3n) is 29.0. The molecule has 0 unspecified atom stereocenters. The Bertz CT molecular complexity index is 10500. The van der Waals surface area contributed by atoms with E-state index in [1.54, 1.807) is 34.0 Å². The molecule has 0 fully saturated rings. The van der Waals surface area contributed by atoms with E-state index in [4.69, 9.17) is 34.3 Å². The zero-order valence-electron chi connectivity index (χ0n) is 77.3. The standard InChI is InChI=1S/C46H28N4S.C43H29N3S.C40H23N3OS/c1-3-14-29(15-4-1)43-42-36-22-9-12-25-40(36)51-46(42)48-45(47-43)30-16-13-19-32(28-30)50-37-23-10-7-20-33(37)34-26-27-39-41(44(34)50)35-21-8-11-24-38(35)49(39)31-17-5-2-6-18-31;1-43(2)33-20-9-6-18-31(33)37-34(43)24-23-30-29-17-7-10-21-35(29)46(40(30)37)28-16-12-15-27(25-28)41-44-39(26-13-4-3-5-14-26)38-32-19-8-11-22-36(32)47-42(38)45-41;1-2-12-24(13-3-1)37-36-29-17-7-11-21-34(29)45-40(36)42-39(41-37)27-15-5-9-19-31(27)43-30-18-8-4-14-25(30)26-22-23-33-35(38(26)43)28-16-6-10-20-32(28)44-33/h1-28H;3-25H,1-2H3;1-23H. The third-order valence-corrected chi connectivity index (χ3v) is 32.2. The highest BCUT2D eigenvalue weighted by Crippen LogP contribution is 2.55. The first-order chi connectivity index (χ1) is 70.7. The highest BCUT2D eigenvalue weighted by atomic mass is 32.1. The van der Waals surface area contributed by atoms with E-state index >= 15 is 0 Å². The lowest BCUT2D eigenvalue weighted by molar-refractivity contribution is 0.661. The van der Waals surface area contributed by atoms with Crippen molar-refractivity contribution in [3.63, 3.8) is 0 Å². The van der Waals surface area contributed by atoms with Gasteiger partial charge in [0.1, 0.15) is 25.7 Å². The van der Waals surface area contributed by atoms with Crippen molar-refractivity contribution < 1.29 is 4.42 Å². The van der Waals surface area contributed by atoms with E-state index in [1.165, 1.54) is 129 Å². The quantitative estimate of drug-likeness (QED) is 0.134. The molecule has 143 heavy (non-hydrogen) atoms. The highest BCUT2D eigenvalue weighted by molar-refractivity contribution is 7.26. The van der Waals surface area contributed by atoms with Gasteiger partial charge in [0.2, 0.25) is 0 Å². The summed E-state index contributed by atoms with van der Waals surface area (Å²) in [5.74, 6) is 2.17. The maximum absolute atomic E-state index is 6.37. The molecule has 19 aromatic carbocycles. The van der Waals surface area contributed by atoms with Gasteiger partial charge in [0.15, 0.2) is 17.5 Å². The van der Waals surface area contributed by atoms with Gasteiger partial charge in [-0.25, -0.2) is 29.9 Å². The van der Waals surface area contributed by atoms with Crippen molar-refractivity contribution in [3.05, 3.63) is 460 Å². The predicted octanol–water partition coefficient (Wildman–Crippen LogP) is 35.1. The number of nitrogens with zero attached hydrogens (tertiary/aromatic N) is 10. The van der Waals surface area contributed by atoms with Crippen molar-refractivity contribution >= 4 is 204 Å². The Balaban J connectivity index is 0.000000102. The maximum Gasteiger partial charge on any atom is 0.163 e. The molecule has 670 valence electrons. The summed E-state index contributed by atoms with van der Waals surface area (Å²) < 4.78 is 19.7. The van der Waals surface area contributed by atoms with Gasteiger partial charge in [0.25, 0.3) is 0 Å². The average Bonchev–Trinajstić information content (AvgIpc) is 1.55. The van der Waals surface area contributed by atoms with Crippen LogP contribution < -0.4 is 0 Å². The number of para-hydroxylation sites is 7. The molecule has 14 heteroatoms. The van der Waals surface area contributed by atoms with Crippen LogP contribution in [0.5, 0.6) is 0 Å². The summed E-state index contributed by atoms with van der Waals surface area (Å²) >= 11 is 5.19. The second-order valence-corrected chi connectivity index (χ2v) is 40.4. The number of benzene rings is 19. The van der Waals surface area contributed by atoms with Crippen LogP contribution in [0.3, 0.4) is 0 Å². The molecular weight excluding hydrogens is 1800 g/mol. The molecule has 0 amide bonds. The Morgan fingerprint density at radius 3 is 1.14 bits per heavy atom. The minimum absolute atomic E-state index is 0.0788. The Hall–Kier alpha value is -17.9. The number of fused-ring (bicyclic) bond motifs is 30. The Morgan fingerprint density at radius 2 is 0.601 bits per heavy atom. The molecule has 0 N–H and O–H groups in total. The number of thiophene rings is 3. The molecule has 0 spiro atoms. The Labute approximate surface area is 831 Å². The summed E-state index contributed by atoms with van der Waals surface area (Å²) in [5, 5.41) is 19.0. The van der Waals surface area contributed by atoms with Crippen molar-refractivity contribution in [3.8, 4) is 102 Å². The van der Waals surface area contributed by atoms with Crippen LogP contribution in [-0.2, 0) is 5.41 Å². The number of aromatic nitrogens is 10. The first-order valence-electron chi connectivity index (χ1n) is 48.3. The molecule has 0 bridgehead atoms. The van der Waals surface area contributed by atoms with E-state index in [-0.39, 0.29) is 5.41 Å². The van der Waals surface area contributed by atoms with Gasteiger partial charge >= 0.3 is 0 Å². The van der Waals surface area contributed by atoms with E-state index in [1.807, 2.05) is 18.2 Å². The van der Waals surface area contributed by atoms with Crippen LogP contribution in [0, 0.1) is 0 Å². The normalized spacial score (nSPS) is 12.5. The maximum atomic E-state index is 6.37. The fourth-order valence-electron chi connectivity index (χ4n) is 22.7. The van der Waals surface area contributed by atoms with Gasteiger partial charge in [-0.15, -0.1) is 34.0 Å². The molecule has 1 aliphatic rings. The minimum Gasteiger partial charge on any atom is -0.456 e. The van der Waals surface area contributed by atoms with E-state index in [2.05, 4.69) is 463 Å². The number of hydrogen-bond acceptors (Lipinski definition) is 10. The van der Waals surface area contributed by atoms with E-state index in [0.29, 0.717) is 5.82 Å². The zero-order valence-corrected chi connectivity index (χ0v) is 79.8. The number of furan rings is 1. The minimum atomic E-state index is -0.0788. The summed E-state index contributed by atoms with van der Waals surface area (Å²) in [6.07, 6.45) is 0. The molecule has 11 aromatic heterocycles. The average molecular weight is 1880 g/mol. The molecule has 30 aromatic rings. The first kappa shape index (κ1) is 82.2. The summed E-state index contributed by atoms with van der Waals surface area (Å²) in [4.78, 5) is 34.7. The van der Waals surface area contributed by atoms with Crippen molar-refractivity contribution in [2.75, 3.05) is 0 Å². The van der Waals surface area contributed by atoms with Gasteiger partial charge in [-0.1, -0.05) is 347 Å². The van der Waals surface area contributed by atoms with E-state index in [9.17, 15) is 0 Å². The summed E-state index contributed by atoms with van der Waals surface area (Å²) in [5.41, 5.74) is 30.0. The molecule has 11 heterocycles. The third kappa shape index (κ3) is 12.9. The van der Waals surface area contributed by atoms with Crippen LogP contribution in [-0.4, -0.2) is 48.2 Å².